The molecule has 0 bridgehead atoms. The zero-order chi connectivity index (χ0) is 34.8. The molecule has 7 aromatic carbocycles. The Morgan fingerprint density at radius 1 is 0.423 bits per heavy atom. The molecule has 0 aliphatic heterocycles. The summed E-state index contributed by atoms with van der Waals surface area (Å²) in [7, 11) is 0. The number of para-hydroxylation sites is 4. The molecule has 3 aromatic heterocycles. The first-order chi connectivity index (χ1) is 25.7. The number of benzene rings is 7. The Morgan fingerprint density at radius 2 is 0.942 bits per heavy atom. The molecule has 52 heavy (non-hydrogen) atoms. The summed E-state index contributed by atoms with van der Waals surface area (Å²) in [6.07, 6.45) is 6.34. The maximum absolute atomic E-state index is 4.34. The molecule has 3 heterocycles. The summed E-state index contributed by atoms with van der Waals surface area (Å²) in [5, 5.41) is 6.17. The number of hydrogen-bond acceptors (Lipinski definition) is 0. The van der Waals surface area contributed by atoms with E-state index in [1.165, 1.54) is 76.9 Å². The van der Waals surface area contributed by atoms with Gasteiger partial charge in [-0.05, 0) is 84.8 Å². The topological polar surface area (TPSA) is 14.8 Å². The molecule has 0 saturated carbocycles. The van der Waals surface area contributed by atoms with Crippen molar-refractivity contribution in [3.8, 4) is 28.2 Å². The normalized spacial score (nSPS) is 11.9. The number of aromatic nitrogens is 3. The van der Waals surface area contributed by atoms with E-state index in [1.807, 2.05) is 6.08 Å². The van der Waals surface area contributed by atoms with E-state index in [2.05, 4.69) is 203 Å². The fourth-order valence-electron chi connectivity index (χ4n) is 8.33. The second-order valence-electron chi connectivity index (χ2n) is 13.4. The lowest BCUT2D eigenvalue weighted by Crippen LogP contribution is -2.00. The van der Waals surface area contributed by atoms with Crippen molar-refractivity contribution in [2.75, 3.05) is 0 Å². The van der Waals surface area contributed by atoms with Gasteiger partial charge in [0.1, 0.15) is 0 Å². The standard InChI is InChI=1S/C49H35N3/c1-3-15-38-41-29-30-42-39-20-11-14-23-46(39)52(36-18-9-6-10-19-36)49(42)48(41)51(44(38)4-2)37-27-24-33(25-28-37)34-26-31-47-43(32-34)40-21-12-13-22-45(40)50(47)35-16-7-5-8-17-35/h3-32H,2H2,1H3/b15-3-. The van der Waals surface area contributed by atoms with Crippen LogP contribution in [0.15, 0.2) is 176 Å². The van der Waals surface area contributed by atoms with E-state index in [4.69, 9.17) is 0 Å². The van der Waals surface area contributed by atoms with Crippen LogP contribution in [0.2, 0.25) is 0 Å². The summed E-state index contributed by atoms with van der Waals surface area (Å²) in [6.45, 7) is 6.42. The van der Waals surface area contributed by atoms with Crippen LogP contribution in [0.3, 0.4) is 0 Å². The smallest absolute Gasteiger partial charge is 0.0788 e. The van der Waals surface area contributed by atoms with Crippen molar-refractivity contribution in [2.45, 2.75) is 6.92 Å². The van der Waals surface area contributed by atoms with Crippen molar-refractivity contribution in [3.63, 3.8) is 0 Å². The lowest BCUT2D eigenvalue weighted by molar-refractivity contribution is 1.10. The summed E-state index contributed by atoms with van der Waals surface area (Å²) in [5.74, 6) is 0. The quantitative estimate of drug-likeness (QED) is 0.168. The molecular formula is C49H35N3. The van der Waals surface area contributed by atoms with Gasteiger partial charge < -0.3 is 13.7 Å². The van der Waals surface area contributed by atoms with E-state index in [9.17, 15) is 0 Å². The van der Waals surface area contributed by atoms with E-state index < -0.39 is 0 Å². The van der Waals surface area contributed by atoms with Gasteiger partial charge in [-0.2, -0.15) is 0 Å². The molecule has 246 valence electrons. The number of hydrogen-bond donors (Lipinski definition) is 0. The fourth-order valence-corrected chi connectivity index (χ4v) is 8.33. The molecule has 10 aromatic rings. The van der Waals surface area contributed by atoms with Gasteiger partial charge in [0.25, 0.3) is 0 Å². The van der Waals surface area contributed by atoms with Gasteiger partial charge in [0.05, 0.1) is 33.3 Å². The highest BCUT2D eigenvalue weighted by Crippen LogP contribution is 2.42. The first kappa shape index (κ1) is 30.0. The molecule has 0 N–H and O–H groups in total. The molecular weight excluding hydrogens is 631 g/mol. The number of allylic oxidation sites excluding steroid dienone is 1. The third kappa shape index (κ3) is 4.39. The Balaban J connectivity index is 1.19. The lowest BCUT2D eigenvalue weighted by Gasteiger charge is -2.14. The first-order valence-electron chi connectivity index (χ1n) is 17.9. The average Bonchev–Trinajstić information content (AvgIpc) is 3.84. The van der Waals surface area contributed by atoms with Crippen LogP contribution in [0.5, 0.6) is 0 Å². The van der Waals surface area contributed by atoms with Crippen molar-refractivity contribution in [1.29, 1.82) is 0 Å². The van der Waals surface area contributed by atoms with Crippen LogP contribution in [0.1, 0.15) is 18.2 Å². The first-order valence-corrected chi connectivity index (χ1v) is 17.9. The molecule has 0 spiro atoms. The minimum Gasteiger partial charge on any atom is -0.309 e. The fraction of sp³-hybridized carbons (Fsp3) is 0.0204. The molecule has 10 rings (SSSR count). The zero-order valence-electron chi connectivity index (χ0n) is 28.9. The SMILES string of the molecule is C=Cc1c(/C=C\C)c2ccc3c4ccccc4n(-c4ccccc4)c3c2n1-c1ccc(-c2ccc3c(c2)c2ccccc2n3-c2ccccc2)cc1. The van der Waals surface area contributed by atoms with E-state index in [-0.39, 0.29) is 0 Å². The van der Waals surface area contributed by atoms with Gasteiger partial charge in [-0.3, -0.25) is 0 Å². The van der Waals surface area contributed by atoms with Crippen molar-refractivity contribution >= 4 is 66.7 Å². The summed E-state index contributed by atoms with van der Waals surface area (Å²) in [6, 6.07) is 59.2. The minimum atomic E-state index is 1.08. The molecule has 0 aliphatic carbocycles. The highest BCUT2D eigenvalue weighted by Gasteiger charge is 2.22. The van der Waals surface area contributed by atoms with E-state index in [0.717, 1.165) is 17.1 Å². The van der Waals surface area contributed by atoms with Crippen LogP contribution < -0.4 is 0 Å². The van der Waals surface area contributed by atoms with Crippen molar-refractivity contribution in [1.82, 2.24) is 13.7 Å². The van der Waals surface area contributed by atoms with Gasteiger partial charge >= 0.3 is 0 Å². The number of rotatable bonds is 6. The van der Waals surface area contributed by atoms with Crippen molar-refractivity contribution in [2.24, 2.45) is 0 Å². The zero-order valence-corrected chi connectivity index (χ0v) is 28.9. The van der Waals surface area contributed by atoms with Gasteiger partial charge in [-0.25, -0.2) is 0 Å². The molecule has 0 fully saturated rings. The molecule has 0 amide bonds. The summed E-state index contributed by atoms with van der Waals surface area (Å²) in [4.78, 5) is 0. The predicted octanol–water partition coefficient (Wildman–Crippen LogP) is 13.2. The Morgan fingerprint density at radius 3 is 1.62 bits per heavy atom. The van der Waals surface area contributed by atoms with E-state index >= 15 is 0 Å². The van der Waals surface area contributed by atoms with Gasteiger partial charge in [0.15, 0.2) is 0 Å². The van der Waals surface area contributed by atoms with Crippen LogP contribution in [-0.4, -0.2) is 13.7 Å². The largest absolute Gasteiger partial charge is 0.309 e. The van der Waals surface area contributed by atoms with Gasteiger partial charge in [-0.1, -0.05) is 122 Å². The van der Waals surface area contributed by atoms with E-state index in [0.29, 0.717) is 0 Å². The molecule has 0 unspecified atom stereocenters. The van der Waals surface area contributed by atoms with Crippen LogP contribution in [0, 0.1) is 0 Å². The predicted molar refractivity (Wildman–Crippen MR) is 222 cm³/mol. The molecule has 0 atom stereocenters. The van der Waals surface area contributed by atoms with Gasteiger partial charge in [0, 0.05) is 49.6 Å². The summed E-state index contributed by atoms with van der Waals surface area (Å²) >= 11 is 0. The highest BCUT2D eigenvalue weighted by molar-refractivity contribution is 6.20. The van der Waals surface area contributed by atoms with Crippen LogP contribution >= 0.6 is 0 Å². The number of nitrogens with zero attached hydrogens (tertiary/aromatic N) is 3. The summed E-state index contributed by atoms with van der Waals surface area (Å²) < 4.78 is 7.19. The molecule has 3 nitrogen and oxygen atoms in total. The van der Waals surface area contributed by atoms with Crippen LogP contribution in [-0.2, 0) is 0 Å². The third-order valence-electron chi connectivity index (χ3n) is 10.5. The Labute approximate surface area is 302 Å². The highest BCUT2D eigenvalue weighted by atomic mass is 15.0. The van der Waals surface area contributed by atoms with Crippen molar-refractivity contribution in [3.05, 3.63) is 188 Å². The van der Waals surface area contributed by atoms with Crippen LogP contribution in [0.25, 0.3) is 94.9 Å². The maximum Gasteiger partial charge on any atom is 0.0788 e. The Hall–Kier alpha value is -6.84. The van der Waals surface area contributed by atoms with Gasteiger partial charge in [-0.15, -0.1) is 0 Å². The Bertz CT molecular complexity index is 3010. The number of fused-ring (bicyclic) bond motifs is 8. The molecule has 0 saturated heterocycles. The maximum atomic E-state index is 4.34. The lowest BCUT2D eigenvalue weighted by atomic mass is 10.0. The monoisotopic (exact) mass is 665 g/mol. The molecule has 0 radical (unpaired) electrons. The van der Waals surface area contributed by atoms with Crippen molar-refractivity contribution < 1.29 is 0 Å². The Kier molecular flexibility index (Phi) is 6.87. The second-order valence-corrected chi connectivity index (χ2v) is 13.4. The van der Waals surface area contributed by atoms with E-state index in [1.54, 1.807) is 0 Å². The third-order valence-corrected chi connectivity index (χ3v) is 10.5. The van der Waals surface area contributed by atoms with Crippen LogP contribution in [0.4, 0.5) is 0 Å². The second kappa shape index (κ2) is 11.9. The molecule has 3 heteroatoms. The molecule has 0 aliphatic rings. The minimum absolute atomic E-state index is 1.08. The van der Waals surface area contributed by atoms with Gasteiger partial charge in [0.2, 0.25) is 0 Å². The average molecular weight is 666 g/mol. The summed E-state index contributed by atoms with van der Waals surface area (Å²) in [5.41, 5.74) is 14.0.